The largest absolute Gasteiger partial charge is 0.462 e. The van der Waals surface area contributed by atoms with Crippen molar-refractivity contribution in [2.75, 3.05) is 0 Å². The van der Waals surface area contributed by atoms with E-state index in [-0.39, 0.29) is 25.4 Å². The monoisotopic (exact) mass is 190 g/mol. The highest BCUT2D eigenvalue weighted by Gasteiger charge is 2.44. The first-order chi connectivity index (χ1) is 6.07. The van der Waals surface area contributed by atoms with Gasteiger partial charge < -0.3 is 4.74 Å². The van der Waals surface area contributed by atoms with Crippen molar-refractivity contribution in [2.24, 2.45) is 5.92 Å². The molecule has 13 heavy (non-hydrogen) atoms. The van der Waals surface area contributed by atoms with Crippen LogP contribution in [-0.4, -0.2) is 18.0 Å². The lowest BCUT2D eigenvalue weighted by Crippen LogP contribution is -2.18. The normalized spacial score (nSPS) is 31.7. The molecule has 1 unspecified atom stereocenters. The summed E-state index contributed by atoms with van der Waals surface area (Å²) >= 11 is 0. The molecular formula is C9H12F2O2. The van der Waals surface area contributed by atoms with Crippen molar-refractivity contribution in [3.8, 4) is 0 Å². The van der Waals surface area contributed by atoms with Crippen LogP contribution >= 0.6 is 0 Å². The van der Waals surface area contributed by atoms with Crippen LogP contribution in [0.2, 0.25) is 0 Å². The summed E-state index contributed by atoms with van der Waals surface area (Å²) in [5.41, 5.74) is 0. The molecule has 0 spiro atoms. The van der Waals surface area contributed by atoms with Crippen LogP contribution < -0.4 is 0 Å². The average molecular weight is 190 g/mol. The Hall–Kier alpha value is -0.670. The van der Waals surface area contributed by atoms with E-state index in [4.69, 9.17) is 4.74 Å². The van der Waals surface area contributed by atoms with Crippen LogP contribution in [0.15, 0.2) is 0 Å². The molecule has 0 radical (unpaired) electrons. The van der Waals surface area contributed by atoms with Crippen molar-refractivity contribution in [1.82, 2.24) is 0 Å². The highest BCUT2D eigenvalue weighted by Crippen LogP contribution is 2.40. The van der Waals surface area contributed by atoms with Crippen LogP contribution in [0.1, 0.15) is 32.1 Å². The Morgan fingerprint density at radius 3 is 2.46 bits per heavy atom. The van der Waals surface area contributed by atoms with Gasteiger partial charge in [-0.1, -0.05) is 0 Å². The summed E-state index contributed by atoms with van der Waals surface area (Å²) in [5.74, 6) is -3.62. The number of rotatable bonds is 2. The second kappa shape index (κ2) is 2.93. The van der Waals surface area contributed by atoms with Crippen molar-refractivity contribution in [3.05, 3.63) is 0 Å². The SMILES string of the molecule is O=C(OC1CC1)C1CCC(F)(F)C1. The standard InChI is InChI=1S/C9H12F2O2/c10-9(11)4-3-6(5-9)8(12)13-7-1-2-7/h6-7H,1-5H2. The van der Waals surface area contributed by atoms with Crippen molar-refractivity contribution in [1.29, 1.82) is 0 Å². The maximum Gasteiger partial charge on any atom is 0.309 e. The van der Waals surface area contributed by atoms with E-state index in [0.717, 1.165) is 12.8 Å². The molecule has 2 aliphatic rings. The molecule has 0 bridgehead atoms. The molecule has 2 nitrogen and oxygen atoms in total. The average Bonchev–Trinajstić information content (AvgIpc) is 2.75. The van der Waals surface area contributed by atoms with Gasteiger partial charge in [-0.05, 0) is 19.3 Å². The number of hydrogen-bond acceptors (Lipinski definition) is 2. The van der Waals surface area contributed by atoms with E-state index in [1.54, 1.807) is 0 Å². The minimum Gasteiger partial charge on any atom is -0.462 e. The first-order valence-electron chi connectivity index (χ1n) is 4.65. The third kappa shape index (κ3) is 2.17. The molecule has 0 aromatic rings. The number of esters is 1. The molecule has 0 aromatic heterocycles. The van der Waals surface area contributed by atoms with Gasteiger partial charge in [-0.15, -0.1) is 0 Å². The van der Waals surface area contributed by atoms with Crippen molar-refractivity contribution in [2.45, 2.75) is 44.1 Å². The summed E-state index contributed by atoms with van der Waals surface area (Å²) in [4.78, 5) is 11.2. The molecule has 2 aliphatic carbocycles. The molecule has 2 fully saturated rings. The lowest BCUT2D eigenvalue weighted by atomic mass is 10.1. The summed E-state index contributed by atoms with van der Waals surface area (Å²) in [7, 11) is 0. The molecule has 0 aromatic carbocycles. The Kier molecular flexibility index (Phi) is 2.00. The minimum atomic E-state index is -2.65. The maximum absolute atomic E-state index is 12.7. The lowest BCUT2D eigenvalue weighted by Gasteiger charge is -2.09. The predicted octanol–water partition coefficient (Wildman–Crippen LogP) is 2.13. The molecule has 0 aliphatic heterocycles. The zero-order valence-corrected chi connectivity index (χ0v) is 7.26. The molecule has 0 amide bonds. The number of carbonyl (C=O) groups excluding carboxylic acids is 1. The first-order valence-corrected chi connectivity index (χ1v) is 4.65. The molecular weight excluding hydrogens is 178 g/mol. The molecule has 0 saturated heterocycles. The van der Waals surface area contributed by atoms with Crippen LogP contribution in [0.3, 0.4) is 0 Å². The Balaban J connectivity index is 1.83. The molecule has 0 heterocycles. The quantitative estimate of drug-likeness (QED) is 0.623. The number of carbonyl (C=O) groups is 1. The van der Waals surface area contributed by atoms with E-state index in [9.17, 15) is 13.6 Å². The van der Waals surface area contributed by atoms with E-state index in [2.05, 4.69) is 0 Å². The van der Waals surface area contributed by atoms with E-state index in [1.165, 1.54) is 0 Å². The molecule has 2 rings (SSSR count). The fourth-order valence-electron chi connectivity index (χ4n) is 1.60. The molecule has 74 valence electrons. The first kappa shape index (κ1) is 8.91. The molecule has 4 heteroatoms. The lowest BCUT2D eigenvalue weighted by molar-refractivity contribution is -0.150. The minimum absolute atomic E-state index is 0.0294. The Labute approximate surface area is 75.3 Å². The summed E-state index contributed by atoms with van der Waals surface area (Å²) in [6.07, 6.45) is 1.61. The van der Waals surface area contributed by atoms with E-state index >= 15 is 0 Å². The fraction of sp³-hybridized carbons (Fsp3) is 0.889. The van der Waals surface area contributed by atoms with Gasteiger partial charge in [0.25, 0.3) is 0 Å². The highest BCUT2D eigenvalue weighted by molar-refractivity contribution is 5.73. The highest BCUT2D eigenvalue weighted by atomic mass is 19.3. The van der Waals surface area contributed by atoms with Gasteiger partial charge in [0.2, 0.25) is 5.92 Å². The van der Waals surface area contributed by atoms with Crippen molar-refractivity contribution >= 4 is 5.97 Å². The molecule has 1 atom stereocenters. The van der Waals surface area contributed by atoms with Crippen molar-refractivity contribution < 1.29 is 18.3 Å². The van der Waals surface area contributed by atoms with Crippen LogP contribution in [0.4, 0.5) is 8.78 Å². The van der Waals surface area contributed by atoms with Gasteiger partial charge >= 0.3 is 5.97 Å². The Bertz CT molecular complexity index is 224. The molecule has 2 saturated carbocycles. The predicted molar refractivity (Wildman–Crippen MR) is 41.4 cm³/mol. The molecule has 0 N–H and O–H groups in total. The Morgan fingerprint density at radius 2 is 2.00 bits per heavy atom. The van der Waals surface area contributed by atoms with Gasteiger partial charge in [0.15, 0.2) is 0 Å². The summed E-state index contributed by atoms with van der Waals surface area (Å²) in [6, 6.07) is 0. The maximum atomic E-state index is 12.7. The second-order valence-electron chi connectivity index (χ2n) is 3.93. The fourth-order valence-corrected chi connectivity index (χ4v) is 1.60. The van der Waals surface area contributed by atoms with E-state index < -0.39 is 17.8 Å². The van der Waals surface area contributed by atoms with Gasteiger partial charge in [0.05, 0.1) is 5.92 Å². The van der Waals surface area contributed by atoms with Crippen LogP contribution in [0.5, 0.6) is 0 Å². The topological polar surface area (TPSA) is 26.3 Å². The Morgan fingerprint density at radius 1 is 1.31 bits per heavy atom. The zero-order chi connectivity index (χ0) is 9.47. The van der Waals surface area contributed by atoms with Crippen molar-refractivity contribution in [3.63, 3.8) is 0 Å². The van der Waals surface area contributed by atoms with E-state index in [1.807, 2.05) is 0 Å². The van der Waals surface area contributed by atoms with Gasteiger partial charge in [-0.3, -0.25) is 4.79 Å². The smallest absolute Gasteiger partial charge is 0.309 e. The third-order valence-corrected chi connectivity index (χ3v) is 2.54. The van der Waals surface area contributed by atoms with Crippen LogP contribution in [0.25, 0.3) is 0 Å². The summed E-state index contributed by atoms with van der Waals surface area (Å²) in [5, 5.41) is 0. The third-order valence-electron chi connectivity index (χ3n) is 2.54. The van der Waals surface area contributed by atoms with Gasteiger partial charge in [0.1, 0.15) is 6.10 Å². The van der Waals surface area contributed by atoms with E-state index in [0.29, 0.717) is 0 Å². The number of ether oxygens (including phenoxy) is 1. The number of hydrogen-bond donors (Lipinski definition) is 0. The number of alkyl halides is 2. The number of halogens is 2. The summed E-state index contributed by atoms with van der Waals surface area (Å²) in [6.45, 7) is 0. The van der Waals surface area contributed by atoms with Gasteiger partial charge in [-0.2, -0.15) is 0 Å². The van der Waals surface area contributed by atoms with Gasteiger partial charge in [0, 0.05) is 12.8 Å². The van der Waals surface area contributed by atoms with Crippen LogP contribution in [0, 0.1) is 5.92 Å². The zero-order valence-electron chi connectivity index (χ0n) is 7.26. The second-order valence-corrected chi connectivity index (χ2v) is 3.93. The summed E-state index contributed by atoms with van der Waals surface area (Å²) < 4.78 is 30.4. The van der Waals surface area contributed by atoms with Crippen LogP contribution in [-0.2, 0) is 9.53 Å². The van der Waals surface area contributed by atoms with Gasteiger partial charge in [-0.25, -0.2) is 8.78 Å².